The van der Waals surface area contributed by atoms with Gasteiger partial charge >= 0.3 is 6.09 Å². The van der Waals surface area contributed by atoms with Crippen molar-refractivity contribution in [2.75, 3.05) is 16.4 Å². The Morgan fingerprint density at radius 2 is 1.81 bits per heavy atom. The molecule has 2 saturated heterocycles. The Labute approximate surface area is 214 Å². The van der Waals surface area contributed by atoms with Gasteiger partial charge in [0.2, 0.25) is 0 Å². The molecule has 0 radical (unpaired) electrons. The molecule has 8 nitrogen and oxygen atoms in total. The standard InChI is InChI=1S/C25H28FN3O5S2/c1-25(2,3)34-24(31)27-19(13-16-7-5-4-6-8-16)22(30)28-23-29(18-11-9-17(26)10-12-18)20-14-36(32,33)15-21(20)35-23/h4-12,19-21H,13-15H2,1-3H3,(H,27,31)/t19-,20+,21+/m1/s1. The monoisotopic (exact) mass is 533 g/mol. The highest BCUT2D eigenvalue weighted by Gasteiger charge is 2.49. The smallest absolute Gasteiger partial charge is 0.408 e. The summed E-state index contributed by atoms with van der Waals surface area (Å²) in [7, 11) is -3.25. The third-order valence-corrected chi connectivity index (χ3v) is 8.86. The number of aliphatic imine (C=N–C) groups is 1. The van der Waals surface area contributed by atoms with Crippen molar-refractivity contribution in [1.29, 1.82) is 0 Å². The van der Waals surface area contributed by atoms with Crippen LogP contribution in [0.1, 0.15) is 26.3 Å². The molecule has 11 heteroatoms. The maximum Gasteiger partial charge on any atom is 0.408 e. The van der Waals surface area contributed by atoms with E-state index in [0.29, 0.717) is 10.9 Å². The molecule has 0 aromatic heterocycles. The number of ether oxygens (including phenoxy) is 1. The number of alkyl carbamates (subject to hydrolysis) is 1. The van der Waals surface area contributed by atoms with E-state index >= 15 is 0 Å². The number of halogens is 1. The van der Waals surface area contributed by atoms with Gasteiger partial charge in [-0.05, 0) is 50.6 Å². The first kappa shape index (κ1) is 26.2. The normalized spacial score (nSPS) is 22.8. The van der Waals surface area contributed by atoms with E-state index in [1.807, 2.05) is 30.3 Å². The van der Waals surface area contributed by atoms with Gasteiger partial charge in [-0.1, -0.05) is 42.1 Å². The number of fused-ring (bicyclic) bond motifs is 1. The van der Waals surface area contributed by atoms with Crippen molar-refractivity contribution < 1.29 is 27.1 Å². The van der Waals surface area contributed by atoms with Crippen molar-refractivity contribution in [3.63, 3.8) is 0 Å². The average molecular weight is 534 g/mol. The van der Waals surface area contributed by atoms with Crippen LogP contribution in [-0.2, 0) is 25.8 Å². The first-order valence-corrected chi connectivity index (χ1v) is 14.2. The minimum absolute atomic E-state index is 0.0309. The fraction of sp³-hybridized carbons (Fsp3) is 0.400. The zero-order chi connectivity index (χ0) is 26.1. The molecule has 2 fully saturated rings. The van der Waals surface area contributed by atoms with Gasteiger partial charge in [0.25, 0.3) is 5.91 Å². The average Bonchev–Trinajstić information content (AvgIpc) is 3.24. The largest absolute Gasteiger partial charge is 0.444 e. The second-order valence-electron chi connectivity index (χ2n) is 9.77. The Morgan fingerprint density at radius 1 is 1.14 bits per heavy atom. The van der Waals surface area contributed by atoms with Crippen molar-refractivity contribution in [2.24, 2.45) is 4.99 Å². The molecule has 192 valence electrons. The number of carbonyl (C=O) groups is 2. The molecule has 0 saturated carbocycles. The summed E-state index contributed by atoms with van der Waals surface area (Å²) in [5, 5.41) is 2.64. The minimum atomic E-state index is -3.25. The second kappa shape index (κ2) is 10.2. The second-order valence-corrected chi connectivity index (χ2v) is 13.1. The van der Waals surface area contributed by atoms with Gasteiger partial charge in [-0.2, -0.15) is 4.99 Å². The van der Waals surface area contributed by atoms with Gasteiger partial charge in [-0.3, -0.25) is 4.79 Å². The van der Waals surface area contributed by atoms with E-state index in [9.17, 15) is 22.4 Å². The lowest BCUT2D eigenvalue weighted by Crippen LogP contribution is -2.45. The van der Waals surface area contributed by atoms with Crippen molar-refractivity contribution in [3.8, 4) is 0 Å². The van der Waals surface area contributed by atoms with Crippen LogP contribution in [0.25, 0.3) is 0 Å². The van der Waals surface area contributed by atoms with Crippen LogP contribution in [0, 0.1) is 5.82 Å². The summed E-state index contributed by atoms with van der Waals surface area (Å²) in [5.74, 6) is -1.14. The van der Waals surface area contributed by atoms with Crippen molar-refractivity contribution >= 4 is 44.5 Å². The van der Waals surface area contributed by atoms with Crippen LogP contribution in [0.3, 0.4) is 0 Å². The summed E-state index contributed by atoms with van der Waals surface area (Å²) in [6.07, 6.45) is -0.549. The summed E-state index contributed by atoms with van der Waals surface area (Å²) in [6.45, 7) is 5.18. The third-order valence-electron chi connectivity index (χ3n) is 5.65. The molecular weight excluding hydrogens is 505 g/mol. The van der Waals surface area contributed by atoms with Gasteiger partial charge < -0.3 is 15.0 Å². The molecule has 2 heterocycles. The number of rotatable bonds is 5. The Kier molecular flexibility index (Phi) is 7.42. The van der Waals surface area contributed by atoms with Crippen molar-refractivity contribution in [2.45, 2.75) is 50.1 Å². The number of benzene rings is 2. The van der Waals surface area contributed by atoms with Crippen LogP contribution in [0.4, 0.5) is 14.9 Å². The Bertz CT molecular complexity index is 1260. The Hall–Kier alpha value is -2.92. The highest BCUT2D eigenvalue weighted by molar-refractivity contribution is 8.16. The van der Waals surface area contributed by atoms with E-state index in [2.05, 4.69) is 10.3 Å². The maximum atomic E-state index is 13.6. The topological polar surface area (TPSA) is 105 Å². The molecule has 2 aliphatic heterocycles. The van der Waals surface area contributed by atoms with Crippen LogP contribution in [0.5, 0.6) is 0 Å². The van der Waals surface area contributed by atoms with Crippen LogP contribution < -0.4 is 10.2 Å². The molecule has 36 heavy (non-hydrogen) atoms. The molecule has 4 rings (SSSR count). The molecule has 2 amide bonds. The van der Waals surface area contributed by atoms with Gasteiger partial charge in [0, 0.05) is 17.4 Å². The van der Waals surface area contributed by atoms with Crippen LogP contribution in [-0.4, -0.2) is 60.0 Å². The van der Waals surface area contributed by atoms with Crippen molar-refractivity contribution in [3.05, 3.63) is 66.0 Å². The minimum Gasteiger partial charge on any atom is -0.444 e. The van der Waals surface area contributed by atoms with Gasteiger partial charge in [0.15, 0.2) is 15.0 Å². The number of hydrogen-bond donors (Lipinski definition) is 1. The fourth-order valence-corrected chi connectivity index (χ4v) is 8.06. The van der Waals surface area contributed by atoms with E-state index in [1.54, 1.807) is 25.7 Å². The first-order chi connectivity index (χ1) is 16.9. The zero-order valence-electron chi connectivity index (χ0n) is 20.2. The summed E-state index contributed by atoms with van der Waals surface area (Å²) >= 11 is 1.21. The van der Waals surface area contributed by atoms with Gasteiger partial charge in [0.1, 0.15) is 17.5 Å². The summed E-state index contributed by atoms with van der Waals surface area (Å²) in [6, 6.07) is 13.4. The molecule has 2 aromatic carbocycles. The van der Waals surface area contributed by atoms with E-state index in [1.165, 1.54) is 36.0 Å². The van der Waals surface area contributed by atoms with E-state index in [0.717, 1.165) is 5.56 Å². The lowest BCUT2D eigenvalue weighted by atomic mass is 10.1. The van der Waals surface area contributed by atoms with E-state index < -0.39 is 45.3 Å². The van der Waals surface area contributed by atoms with E-state index in [4.69, 9.17) is 4.74 Å². The SMILES string of the molecule is CC(C)(C)OC(=O)N[C@H](Cc1ccccc1)C(=O)N=C1S[C@H]2CS(=O)(=O)C[C@@H]2N1c1ccc(F)cc1. The van der Waals surface area contributed by atoms with Crippen LogP contribution >= 0.6 is 11.8 Å². The number of carbonyl (C=O) groups excluding carboxylic acids is 2. The number of anilines is 1. The predicted octanol–water partition coefficient (Wildman–Crippen LogP) is 3.56. The molecule has 0 bridgehead atoms. The lowest BCUT2D eigenvalue weighted by molar-refractivity contribution is -0.119. The lowest BCUT2D eigenvalue weighted by Gasteiger charge is -2.25. The zero-order valence-corrected chi connectivity index (χ0v) is 21.8. The molecule has 1 N–H and O–H groups in total. The summed E-state index contributed by atoms with van der Waals surface area (Å²) < 4.78 is 43.5. The molecule has 2 aliphatic rings. The number of nitrogens with one attached hydrogen (secondary N) is 1. The Morgan fingerprint density at radius 3 is 2.44 bits per heavy atom. The van der Waals surface area contributed by atoms with Crippen molar-refractivity contribution in [1.82, 2.24) is 5.32 Å². The quantitative estimate of drug-likeness (QED) is 0.627. The molecule has 0 aliphatic carbocycles. The molecule has 2 aromatic rings. The first-order valence-electron chi connectivity index (χ1n) is 11.5. The summed E-state index contributed by atoms with van der Waals surface area (Å²) in [4.78, 5) is 31.9. The number of amidine groups is 1. The number of nitrogens with zero attached hydrogens (tertiary/aromatic N) is 2. The number of amides is 2. The van der Waals surface area contributed by atoms with Gasteiger partial charge in [0.05, 0.1) is 17.5 Å². The van der Waals surface area contributed by atoms with Gasteiger partial charge in [-0.25, -0.2) is 17.6 Å². The number of thioether (sulfide) groups is 1. The van der Waals surface area contributed by atoms with E-state index in [-0.39, 0.29) is 23.2 Å². The fourth-order valence-electron chi connectivity index (χ4n) is 4.14. The highest BCUT2D eigenvalue weighted by Crippen LogP contribution is 2.41. The molecule has 0 unspecified atom stereocenters. The summed E-state index contributed by atoms with van der Waals surface area (Å²) in [5.41, 5.74) is 0.615. The third kappa shape index (κ3) is 6.44. The molecule has 0 spiro atoms. The number of sulfone groups is 1. The molecular formula is C25H28FN3O5S2. The highest BCUT2D eigenvalue weighted by atomic mass is 32.2. The van der Waals surface area contributed by atoms with Gasteiger partial charge in [-0.15, -0.1) is 0 Å². The van der Waals surface area contributed by atoms with Crippen LogP contribution in [0.2, 0.25) is 0 Å². The maximum absolute atomic E-state index is 13.6. The molecule has 3 atom stereocenters. The predicted molar refractivity (Wildman–Crippen MR) is 138 cm³/mol. The Balaban J connectivity index is 1.64. The van der Waals surface area contributed by atoms with Crippen LogP contribution in [0.15, 0.2) is 59.6 Å². The number of hydrogen-bond acceptors (Lipinski definition) is 6.